The molecule has 17 heavy (non-hydrogen) atoms. The molecule has 0 rings (SSSR count). The van der Waals surface area contributed by atoms with Gasteiger partial charge in [-0.2, -0.15) is 0 Å². The summed E-state index contributed by atoms with van der Waals surface area (Å²) in [5.41, 5.74) is 5.55. The summed E-state index contributed by atoms with van der Waals surface area (Å²) in [6, 6.07) is -1.60. The van der Waals surface area contributed by atoms with Gasteiger partial charge < -0.3 is 20.9 Å². The summed E-state index contributed by atoms with van der Waals surface area (Å²) in [7, 11) is 1.15. The first-order valence-corrected chi connectivity index (χ1v) is 5.25. The molecule has 1 amide bonds. The molecule has 7 heteroatoms. The van der Waals surface area contributed by atoms with E-state index in [1.165, 1.54) is 0 Å². The van der Waals surface area contributed by atoms with E-state index in [4.69, 9.17) is 10.8 Å². The number of carboxylic acids is 1. The van der Waals surface area contributed by atoms with Crippen LogP contribution < -0.4 is 11.1 Å². The van der Waals surface area contributed by atoms with Crippen molar-refractivity contribution in [3.63, 3.8) is 0 Å². The summed E-state index contributed by atoms with van der Waals surface area (Å²) in [5, 5.41) is 11.0. The number of ether oxygens (including phenoxy) is 1. The molecule has 98 valence electrons. The van der Waals surface area contributed by atoms with Crippen LogP contribution in [0.15, 0.2) is 0 Å². The van der Waals surface area contributed by atoms with Crippen LogP contribution in [0.1, 0.15) is 26.2 Å². The highest BCUT2D eigenvalue weighted by Gasteiger charge is 2.24. The highest BCUT2D eigenvalue weighted by atomic mass is 16.5. The maximum Gasteiger partial charge on any atom is 0.326 e. The van der Waals surface area contributed by atoms with Crippen molar-refractivity contribution in [2.24, 2.45) is 5.73 Å². The number of carboxylic acid groups (broad SMARTS) is 1. The Labute approximate surface area is 99.3 Å². The van der Waals surface area contributed by atoms with Gasteiger partial charge in [-0.1, -0.05) is 6.92 Å². The van der Waals surface area contributed by atoms with Crippen LogP contribution in [0, 0.1) is 0 Å². The molecule has 1 unspecified atom stereocenters. The molecule has 0 aliphatic carbocycles. The average Bonchev–Trinajstić information content (AvgIpc) is 2.27. The van der Waals surface area contributed by atoms with Crippen molar-refractivity contribution in [1.82, 2.24) is 5.32 Å². The van der Waals surface area contributed by atoms with Crippen LogP contribution in [-0.2, 0) is 19.1 Å². The maximum atomic E-state index is 11.4. The second-order valence-corrected chi connectivity index (χ2v) is 3.61. The zero-order valence-corrected chi connectivity index (χ0v) is 9.93. The summed E-state index contributed by atoms with van der Waals surface area (Å²) in [6.45, 7) is 1.82. The Balaban J connectivity index is 4.30. The first-order chi connectivity index (χ1) is 7.90. The molecule has 0 aromatic heterocycles. The Morgan fingerprint density at radius 2 is 1.94 bits per heavy atom. The number of carbonyl (C=O) groups is 3. The second kappa shape index (κ2) is 7.61. The van der Waals surface area contributed by atoms with Crippen molar-refractivity contribution < 1.29 is 24.2 Å². The Bertz CT molecular complexity index is 292. The fourth-order valence-corrected chi connectivity index (χ4v) is 1.09. The number of nitrogens with two attached hydrogens (primary N) is 1. The van der Waals surface area contributed by atoms with Gasteiger partial charge in [-0.25, -0.2) is 4.79 Å². The van der Waals surface area contributed by atoms with E-state index >= 15 is 0 Å². The fourth-order valence-electron chi connectivity index (χ4n) is 1.09. The van der Waals surface area contributed by atoms with E-state index in [-0.39, 0.29) is 12.5 Å². The standard InChI is InChI=1S/C10H18N2O5/c1-3-6(11)4-8(13)12-7(10(15)16)5-9(14)17-2/h6-7H,3-5,11H2,1-2H3,(H,12,13)(H,15,16)/t6?,7-/m0/s1. The SMILES string of the molecule is CCC(N)CC(=O)N[C@@H](CC(=O)OC)C(=O)O. The van der Waals surface area contributed by atoms with Crippen molar-refractivity contribution in [2.45, 2.75) is 38.3 Å². The molecule has 0 aliphatic rings. The number of rotatable bonds is 7. The zero-order chi connectivity index (χ0) is 13.4. The number of aliphatic carboxylic acids is 1. The van der Waals surface area contributed by atoms with Gasteiger partial charge in [0.2, 0.25) is 5.91 Å². The third kappa shape index (κ3) is 6.52. The van der Waals surface area contributed by atoms with Gasteiger partial charge in [-0.05, 0) is 6.42 Å². The minimum Gasteiger partial charge on any atom is -0.480 e. The van der Waals surface area contributed by atoms with Crippen LogP contribution in [0.3, 0.4) is 0 Å². The number of carbonyl (C=O) groups excluding carboxylic acids is 2. The normalized spacial score (nSPS) is 13.6. The van der Waals surface area contributed by atoms with Crippen LogP contribution in [0.4, 0.5) is 0 Å². The Kier molecular flexibility index (Phi) is 6.88. The van der Waals surface area contributed by atoms with Gasteiger partial charge in [0, 0.05) is 12.5 Å². The molecule has 0 saturated heterocycles. The van der Waals surface area contributed by atoms with Crippen molar-refractivity contribution >= 4 is 17.8 Å². The van der Waals surface area contributed by atoms with Crippen molar-refractivity contribution in [1.29, 1.82) is 0 Å². The van der Waals surface area contributed by atoms with Crippen LogP contribution in [0.25, 0.3) is 0 Å². The number of methoxy groups -OCH3 is 1. The van der Waals surface area contributed by atoms with Gasteiger partial charge in [0.05, 0.1) is 13.5 Å². The van der Waals surface area contributed by atoms with Crippen molar-refractivity contribution in [3.8, 4) is 0 Å². The van der Waals surface area contributed by atoms with E-state index < -0.39 is 30.3 Å². The third-order valence-electron chi connectivity index (χ3n) is 2.20. The quantitative estimate of drug-likeness (QED) is 0.508. The molecule has 7 nitrogen and oxygen atoms in total. The second-order valence-electron chi connectivity index (χ2n) is 3.61. The highest BCUT2D eigenvalue weighted by molar-refractivity contribution is 5.87. The fraction of sp³-hybridized carbons (Fsp3) is 0.700. The lowest BCUT2D eigenvalue weighted by atomic mass is 10.1. The van der Waals surface area contributed by atoms with Gasteiger partial charge in [0.15, 0.2) is 0 Å². The average molecular weight is 246 g/mol. The molecular weight excluding hydrogens is 228 g/mol. The highest BCUT2D eigenvalue weighted by Crippen LogP contribution is 1.98. The molecule has 0 radical (unpaired) electrons. The maximum absolute atomic E-state index is 11.4. The lowest BCUT2D eigenvalue weighted by molar-refractivity contribution is -0.148. The van der Waals surface area contributed by atoms with Gasteiger partial charge in [0.25, 0.3) is 0 Å². The molecule has 0 aromatic rings. The summed E-state index contributed by atoms with van der Waals surface area (Å²) in [4.78, 5) is 33.1. The molecule has 4 N–H and O–H groups in total. The molecule has 0 bridgehead atoms. The molecule has 2 atom stereocenters. The number of nitrogens with one attached hydrogen (secondary N) is 1. The van der Waals surface area contributed by atoms with E-state index in [1.54, 1.807) is 0 Å². The first-order valence-electron chi connectivity index (χ1n) is 5.25. The van der Waals surface area contributed by atoms with Crippen molar-refractivity contribution in [2.75, 3.05) is 7.11 Å². The van der Waals surface area contributed by atoms with Crippen LogP contribution in [0.2, 0.25) is 0 Å². The number of hydrogen-bond acceptors (Lipinski definition) is 5. The van der Waals surface area contributed by atoms with Gasteiger partial charge in [-0.3, -0.25) is 9.59 Å². The van der Waals surface area contributed by atoms with Gasteiger partial charge >= 0.3 is 11.9 Å². The van der Waals surface area contributed by atoms with Gasteiger partial charge in [0.1, 0.15) is 6.04 Å². The van der Waals surface area contributed by atoms with Crippen LogP contribution in [0.5, 0.6) is 0 Å². The van der Waals surface area contributed by atoms with E-state index in [0.29, 0.717) is 6.42 Å². The number of hydrogen-bond donors (Lipinski definition) is 3. The van der Waals surface area contributed by atoms with Crippen LogP contribution >= 0.6 is 0 Å². The molecule has 0 spiro atoms. The largest absolute Gasteiger partial charge is 0.480 e. The molecular formula is C10H18N2O5. The lowest BCUT2D eigenvalue weighted by Gasteiger charge is -2.14. The van der Waals surface area contributed by atoms with Gasteiger partial charge in [-0.15, -0.1) is 0 Å². The van der Waals surface area contributed by atoms with Crippen LogP contribution in [-0.4, -0.2) is 42.1 Å². The minimum absolute atomic E-state index is 0.0292. The zero-order valence-electron chi connectivity index (χ0n) is 9.93. The monoisotopic (exact) mass is 246 g/mol. The van der Waals surface area contributed by atoms with E-state index in [1.807, 2.05) is 6.92 Å². The Morgan fingerprint density at radius 3 is 2.35 bits per heavy atom. The Morgan fingerprint density at radius 1 is 1.35 bits per heavy atom. The lowest BCUT2D eigenvalue weighted by Crippen LogP contribution is -2.44. The topological polar surface area (TPSA) is 119 Å². The summed E-state index contributed by atoms with van der Waals surface area (Å²) >= 11 is 0. The summed E-state index contributed by atoms with van der Waals surface area (Å²) in [5.74, 6) is -2.47. The summed E-state index contributed by atoms with van der Waals surface area (Å²) in [6.07, 6.45) is 0.239. The first kappa shape index (κ1) is 15.4. The van der Waals surface area contributed by atoms with Crippen molar-refractivity contribution in [3.05, 3.63) is 0 Å². The van der Waals surface area contributed by atoms with E-state index in [2.05, 4.69) is 10.1 Å². The molecule has 0 heterocycles. The summed E-state index contributed by atoms with van der Waals surface area (Å²) < 4.78 is 4.34. The third-order valence-corrected chi connectivity index (χ3v) is 2.20. The molecule has 0 aromatic carbocycles. The molecule has 0 saturated carbocycles. The molecule has 0 fully saturated rings. The Hall–Kier alpha value is -1.63. The predicted octanol–water partition coefficient (Wildman–Crippen LogP) is -0.754. The predicted molar refractivity (Wildman–Crippen MR) is 59.1 cm³/mol. The molecule has 0 aliphatic heterocycles. The van der Waals surface area contributed by atoms with E-state index in [0.717, 1.165) is 7.11 Å². The minimum atomic E-state index is -1.28. The smallest absolute Gasteiger partial charge is 0.326 e. The van der Waals surface area contributed by atoms with E-state index in [9.17, 15) is 14.4 Å². The number of amides is 1. The number of esters is 1.